The van der Waals surface area contributed by atoms with Gasteiger partial charge in [0.2, 0.25) is 0 Å². The third-order valence-electron chi connectivity index (χ3n) is 3.41. The lowest BCUT2D eigenvalue weighted by atomic mass is 10.0. The highest BCUT2D eigenvalue weighted by atomic mass is 32.2. The van der Waals surface area contributed by atoms with E-state index in [1.807, 2.05) is 18.5 Å². The zero-order chi connectivity index (χ0) is 14.5. The Labute approximate surface area is 127 Å². The fourth-order valence-electron chi connectivity index (χ4n) is 2.29. The Kier molecular flexibility index (Phi) is 4.35. The van der Waals surface area contributed by atoms with Gasteiger partial charge in [-0.25, -0.2) is 4.98 Å². The summed E-state index contributed by atoms with van der Waals surface area (Å²) >= 11 is 1.69. The SMILES string of the molecule is C[C@@H](c1ccccc1)c1nccn1CCSc1cn[nH]n1. The van der Waals surface area contributed by atoms with Gasteiger partial charge in [0.05, 0.1) is 6.20 Å². The monoisotopic (exact) mass is 299 g/mol. The summed E-state index contributed by atoms with van der Waals surface area (Å²) in [6.45, 7) is 3.10. The number of thioether (sulfide) groups is 1. The van der Waals surface area contributed by atoms with Crippen molar-refractivity contribution in [1.82, 2.24) is 25.0 Å². The first-order chi connectivity index (χ1) is 10.3. The molecule has 1 atom stereocenters. The number of imidazole rings is 1. The van der Waals surface area contributed by atoms with Crippen LogP contribution in [0.15, 0.2) is 53.9 Å². The zero-order valence-corrected chi connectivity index (χ0v) is 12.6. The first kappa shape index (κ1) is 13.9. The van der Waals surface area contributed by atoms with Gasteiger partial charge in [-0.3, -0.25) is 0 Å². The van der Waals surface area contributed by atoms with Gasteiger partial charge in [-0.05, 0) is 5.56 Å². The Morgan fingerprint density at radius 3 is 2.90 bits per heavy atom. The third-order valence-corrected chi connectivity index (χ3v) is 4.29. The number of benzene rings is 1. The smallest absolute Gasteiger partial charge is 0.138 e. The van der Waals surface area contributed by atoms with Gasteiger partial charge in [-0.2, -0.15) is 10.3 Å². The molecule has 108 valence electrons. The highest BCUT2D eigenvalue weighted by Crippen LogP contribution is 2.23. The van der Waals surface area contributed by atoms with Crippen LogP contribution >= 0.6 is 11.8 Å². The first-order valence-corrected chi connectivity index (χ1v) is 7.87. The molecule has 0 radical (unpaired) electrons. The molecule has 1 N–H and O–H groups in total. The van der Waals surface area contributed by atoms with Crippen LogP contribution < -0.4 is 0 Å². The van der Waals surface area contributed by atoms with Gasteiger partial charge in [0.25, 0.3) is 0 Å². The molecule has 5 nitrogen and oxygen atoms in total. The molecule has 0 saturated heterocycles. The van der Waals surface area contributed by atoms with Crippen molar-refractivity contribution < 1.29 is 0 Å². The Hall–Kier alpha value is -2.08. The normalized spacial score (nSPS) is 12.4. The lowest BCUT2D eigenvalue weighted by Gasteiger charge is -2.14. The number of aromatic amines is 1. The number of nitrogens with one attached hydrogen (secondary N) is 1. The Morgan fingerprint density at radius 1 is 1.29 bits per heavy atom. The number of hydrogen-bond acceptors (Lipinski definition) is 4. The molecule has 3 aromatic rings. The van der Waals surface area contributed by atoms with Crippen LogP contribution in [0.2, 0.25) is 0 Å². The van der Waals surface area contributed by atoms with Gasteiger partial charge in [-0.15, -0.1) is 16.9 Å². The van der Waals surface area contributed by atoms with Gasteiger partial charge >= 0.3 is 0 Å². The summed E-state index contributed by atoms with van der Waals surface area (Å²) in [6, 6.07) is 10.5. The van der Waals surface area contributed by atoms with Gasteiger partial charge in [0.1, 0.15) is 10.9 Å². The molecule has 0 saturated carbocycles. The predicted octanol–water partition coefficient (Wildman–Crippen LogP) is 2.95. The molecular formula is C15H17N5S. The van der Waals surface area contributed by atoms with Crippen LogP contribution in [0.25, 0.3) is 0 Å². The number of nitrogens with zero attached hydrogens (tertiary/aromatic N) is 4. The lowest BCUT2D eigenvalue weighted by molar-refractivity contribution is 0.674. The largest absolute Gasteiger partial charge is 0.334 e. The standard InChI is InChI=1S/C15H17N5S/c1-12(13-5-3-2-4-6-13)15-16-7-8-20(15)9-10-21-14-11-17-19-18-14/h2-8,11-12H,9-10H2,1H3,(H,17,18,19)/t12-/m0/s1. The van der Waals surface area contributed by atoms with Gasteiger partial charge in [0.15, 0.2) is 0 Å². The maximum absolute atomic E-state index is 4.53. The molecule has 0 amide bonds. The molecule has 0 aliphatic heterocycles. The second-order valence-electron chi connectivity index (χ2n) is 4.77. The average Bonchev–Trinajstić information content (AvgIpc) is 3.19. The summed E-state index contributed by atoms with van der Waals surface area (Å²) in [6.07, 6.45) is 5.65. The number of H-pyrrole nitrogens is 1. The highest BCUT2D eigenvalue weighted by molar-refractivity contribution is 7.99. The summed E-state index contributed by atoms with van der Waals surface area (Å²) in [5.74, 6) is 2.33. The first-order valence-electron chi connectivity index (χ1n) is 6.89. The maximum Gasteiger partial charge on any atom is 0.138 e. The minimum Gasteiger partial charge on any atom is -0.334 e. The summed E-state index contributed by atoms with van der Waals surface area (Å²) in [7, 11) is 0. The van der Waals surface area contributed by atoms with E-state index in [2.05, 4.69) is 56.2 Å². The zero-order valence-electron chi connectivity index (χ0n) is 11.8. The van der Waals surface area contributed by atoms with E-state index in [1.54, 1.807) is 18.0 Å². The van der Waals surface area contributed by atoms with Crippen molar-refractivity contribution in [3.63, 3.8) is 0 Å². The van der Waals surface area contributed by atoms with Crippen LogP contribution in [0.3, 0.4) is 0 Å². The molecule has 6 heteroatoms. The summed E-state index contributed by atoms with van der Waals surface area (Å²) in [5.41, 5.74) is 1.29. The minimum atomic E-state index is 0.290. The molecule has 0 unspecified atom stereocenters. The second kappa shape index (κ2) is 6.58. The average molecular weight is 299 g/mol. The Balaban J connectivity index is 1.66. The van der Waals surface area contributed by atoms with Crippen LogP contribution in [-0.4, -0.2) is 30.7 Å². The van der Waals surface area contributed by atoms with E-state index in [0.29, 0.717) is 5.92 Å². The van der Waals surface area contributed by atoms with Gasteiger partial charge in [0, 0.05) is 30.6 Å². The van der Waals surface area contributed by atoms with E-state index in [1.165, 1.54) is 5.56 Å². The van der Waals surface area contributed by atoms with E-state index >= 15 is 0 Å². The topological polar surface area (TPSA) is 59.4 Å². The number of aryl methyl sites for hydroxylation is 1. The molecule has 21 heavy (non-hydrogen) atoms. The molecule has 0 bridgehead atoms. The third kappa shape index (κ3) is 3.33. The lowest BCUT2D eigenvalue weighted by Crippen LogP contribution is -2.09. The van der Waals surface area contributed by atoms with Crippen molar-refractivity contribution in [2.24, 2.45) is 0 Å². The van der Waals surface area contributed by atoms with Crippen molar-refractivity contribution in [3.05, 3.63) is 60.3 Å². The molecule has 2 aromatic heterocycles. The molecule has 0 fully saturated rings. The van der Waals surface area contributed by atoms with Crippen molar-refractivity contribution in [2.75, 3.05) is 5.75 Å². The quantitative estimate of drug-likeness (QED) is 0.711. The highest BCUT2D eigenvalue weighted by Gasteiger charge is 2.13. The van der Waals surface area contributed by atoms with Crippen molar-refractivity contribution >= 4 is 11.8 Å². The molecular weight excluding hydrogens is 282 g/mol. The van der Waals surface area contributed by atoms with E-state index in [-0.39, 0.29) is 0 Å². The summed E-state index contributed by atoms with van der Waals surface area (Å²) < 4.78 is 2.21. The maximum atomic E-state index is 4.53. The fraction of sp³-hybridized carbons (Fsp3) is 0.267. The van der Waals surface area contributed by atoms with Gasteiger partial charge in [-0.1, -0.05) is 37.3 Å². The van der Waals surface area contributed by atoms with E-state index < -0.39 is 0 Å². The number of hydrogen-bond donors (Lipinski definition) is 1. The van der Waals surface area contributed by atoms with Gasteiger partial charge < -0.3 is 4.57 Å². The van der Waals surface area contributed by atoms with E-state index in [0.717, 1.165) is 23.1 Å². The number of rotatable bonds is 6. The van der Waals surface area contributed by atoms with Crippen molar-refractivity contribution in [3.8, 4) is 0 Å². The van der Waals surface area contributed by atoms with E-state index in [4.69, 9.17) is 0 Å². The molecule has 0 aliphatic carbocycles. The van der Waals surface area contributed by atoms with Crippen LogP contribution in [0, 0.1) is 0 Å². The van der Waals surface area contributed by atoms with Crippen LogP contribution in [0.1, 0.15) is 24.2 Å². The summed E-state index contributed by atoms with van der Waals surface area (Å²) in [4.78, 5) is 4.53. The predicted molar refractivity (Wildman–Crippen MR) is 83.3 cm³/mol. The fourth-order valence-corrected chi connectivity index (χ4v) is 3.02. The minimum absolute atomic E-state index is 0.290. The van der Waals surface area contributed by atoms with Crippen molar-refractivity contribution in [1.29, 1.82) is 0 Å². The van der Waals surface area contributed by atoms with Crippen LogP contribution in [-0.2, 0) is 6.54 Å². The van der Waals surface area contributed by atoms with Crippen LogP contribution in [0.5, 0.6) is 0 Å². The second-order valence-corrected chi connectivity index (χ2v) is 5.88. The number of aromatic nitrogens is 5. The molecule has 1 aromatic carbocycles. The Morgan fingerprint density at radius 2 is 2.14 bits per heavy atom. The van der Waals surface area contributed by atoms with Crippen molar-refractivity contribution in [2.45, 2.75) is 24.4 Å². The summed E-state index contributed by atoms with van der Waals surface area (Å²) in [5, 5.41) is 11.4. The molecule has 0 spiro atoms. The molecule has 0 aliphatic rings. The Bertz CT molecular complexity index is 662. The molecule has 2 heterocycles. The molecule has 3 rings (SSSR count). The van der Waals surface area contributed by atoms with Crippen LogP contribution in [0.4, 0.5) is 0 Å². The van der Waals surface area contributed by atoms with E-state index in [9.17, 15) is 0 Å².